The number of carbonyl (C=O) groups excluding carboxylic acids is 12. The van der Waals surface area contributed by atoms with Crippen molar-refractivity contribution in [1.82, 2.24) is 63.8 Å². The monoisotopic (exact) mass is 1340 g/mol. The van der Waals surface area contributed by atoms with Gasteiger partial charge in [0.1, 0.15) is 54.4 Å². The third kappa shape index (κ3) is 36.1. The van der Waals surface area contributed by atoms with Gasteiger partial charge in [-0.25, -0.2) is 4.79 Å². The van der Waals surface area contributed by atoms with Gasteiger partial charge in [-0.05, 0) is 88.5 Å². The van der Waals surface area contributed by atoms with E-state index >= 15 is 0 Å². The number of rotatable bonds is 47. The number of hydrogen-bond donors (Lipinski definition) is 20. The van der Waals surface area contributed by atoms with Crippen LogP contribution in [0, 0.1) is 23.7 Å². The zero-order valence-electron chi connectivity index (χ0n) is 54.7. The Morgan fingerprint density at radius 3 is 1.32 bits per heavy atom. The molecular formula is C57H99N17O20. The summed E-state index contributed by atoms with van der Waals surface area (Å²) in [6.07, 6.45) is -2.03. The van der Waals surface area contributed by atoms with Crippen molar-refractivity contribution in [2.75, 3.05) is 32.7 Å². The number of amides is 12. The maximum atomic E-state index is 13.7. The first kappa shape index (κ1) is 84.7. The molecule has 0 saturated carbocycles. The minimum absolute atomic E-state index is 0.00427. The van der Waals surface area contributed by atoms with E-state index in [9.17, 15) is 97.1 Å². The van der Waals surface area contributed by atoms with Crippen molar-refractivity contribution in [2.24, 2.45) is 51.6 Å². The molecule has 0 fully saturated rings. The van der Waals surface area contributed by atoms with Gasteiger partial charge in [-0.2, -0.15) is 0 Å². The Morgan fingerprint density at radius 2 is 0.819 bits per heavy atom. The molecule has 0 heterocycles. The summed E-state index contributed by atoms with van der Waals surface area (Å²) in [7, 11) is 0. The van der Waals surface area contributed by atoms with E-state index in [1.165, 1.54) is 20.8 Å². The fourth-order valence-electron chi connectivity index (χ4n) is 8.63. The fourth-order valence-corrected chi connectivity index (χ4v) is 8.63. The summed E-state index contributed by atoms with van der Waals surface area (Å²) in [6, 6.07) is -14.4. The van der Waals surface area contributed by atoms with E-state index in [0.717, 1.165) is 0 Å². The van der Waals surface area contributed by atoms with Crippen molar-refractivity contribution in [1.29, 1.82) is 0 Å². The molecule has 532 valence electrons. The molecule has 0 aliphatic rings. The Morgan fingerprint density at radius 1 is 0.394 bits per heavy atom. The van der Waals surface area contributed by atoms with Crippen molar-refractivity contribution in [2.45, 2.75) is 200 Å². The van der Waals surface area contributed by atoms with Gasteiger partial charge in [0.15, 0.2) is 5.96 Å². The quantitative estimate of drug-likeness (QED) is 0.0153. The minimum Gasteiger partial charge on any atom is -0.481 e. The van der Waals surface area contributed by atoms with Gasteiger partial charge in [-0.15, -0.1) is 0 Å². The van der Waals surface area contributed by atoms with Crippen LogP contribution in [0.15, 0.2) is 4.99 Å². The molecule has 37 nitrogen and oxygen atoms in total. The molecule has 0 spiro atoms. The highest BCUT2D eigenvalue weighted by atomic mass is 16.4. The van der Waals surface area contributed by atoms with Crippen molar-refractivity contribution in [3.63, 3.8) is 0 Å². The molecule has 0 bridgehead atoms. The van der Waals surface area contributed by atoms with Crippen LogP contribution >= 0.6 is 0 Å². The topological polar surface area (TPSA) is 615 Å². The molecule has 12 amide bonds. The van der Waals surface area contributed by atoms with Gasteiger partial charge in [0, 0.05) is 19.4 Å². The van der Waals surface area contributed by atoms with Gasteiger partial charge in [0.05, 0.1) is 32.1 Å². The van der Waals surface area contributed by atoms with Crippen molar-refractivity contribution in [3.8, 4) is 0 Å². The fraction of sp³-hybridized carbons (Fsp3) is 0.702. The van der Waals surface area contributed by atoms with E-state index < -0.39 is 219 Å². The molecule has 0 radical (unpaired) electrons. The maximum Gasteiger partial charge on any atom is 0.326 e. The summed E-state index contributed by atoms with van der Waals surface area (Å²) in [6.45, 7) is 12.2. The van der Waals surface area contributed by atoms with Crippen LogP contribution in [0.2, 0.25) is 0 Å². The number of nitrogens with one attached hydrogen (secondary N) is 12. The molecule has 0 aliphatic heterocycles. The SMILES string of the molecule is CC(C)C[C@H](NC(=O)[C@H](CCCN=C(N)N)NC(=O)CNC(=O)[C@H](CC(C)C)NC(=O)[C@H](C)NC(=O)[C@H](CCC(=O)O)NC(=O)CNC(=O)CNC(=O)[C@@H](NC(=O)[C@H](CCC(=O)O)NC(=O)[C@H](CC(=O)O)NC(=O)[C@@H](NC(=O)[C@@H](N)CCCCN)C(C)C)C(C)C)C(=O)O. The summed E-state index contributed by atoms with van der Waals surface area (Å²) in [5, 5.41) is 66.2. The molecular weight excluding hydrogens is 1240 g/mol. The molecule has 0 aliphatic carbocycles. The van der Waals surface area contributed by atoms with Crippen LogP contribution in [-0.2, 0) is 76.7 Å². The highest BCUT2D eigenvalue weighted by Gasteiger charge is 2.36. The Kier molecular flexibility index (Phi) is 39.9. The van der Waals surface area contributed by atoms with Crippen LogP contribution in [-0.4, -0.2) is 214 Å². The minimum atomic E-state index is -1.89. The predicted molar refractivity (Wildman–Crippen MR) is 335 cm³/mol. The van der Waals surface area contributed by atoms with E-state index in [1.807, 2.05) is 0 Å². The summed E-state index contributed by atoms with van der Waals surface area (Å²) in [4.78, 5) is 211. The molecule has 24 N–H and O–H groups in total. The number of hydrogen-bond acceptors (Lipinski definition) is 19. The second kappa shape index (κ2) is 44.3. The summed E-state index contributed by atoms with van der Waals surface area (Å²) in [5.41, 5.74) is 22.2. The van der Waals surface area contributed by atoms with E-state index in [-0.39, 0.29) is 56.4 Å². The van der Waals surface area contributed by atoms with Gasteiger partial charge < -0.3 is 107 Å². The van der Waals surface area contributed by atoms with Crippen molar-refractivity contribution in [3.05, 3.63) is 0 Å². The lowest BCUT2D eigenvalue weighted by Crippen LogP contribution is -2.60. The number of unbranched alkanes of at least 4 members (excludes halogenated alkanes) is 1. The lowest BCUT2D eigenvalue weighted by atomic mass is 10.0. The number of aliphatic carboxylic acids is 4. The summed E-state index contributed by atoms with van der Waals surface area (Å²) < 4.78 is 0. The standard InChI is InChI=1S/C57H99N17O20/c1-27(2)21-36(49(86)64-26-41(77)67-33(14-12-20-62-57(60)61)51(88)72-38(56(93)94)22-28(3)4)70-47(84)31(9)66-50(87)34(15-17-42(78)79)68-40(76)25-63-39(75)24-65-54(91)45(29(5)6)74-52(89)35(16-18-43(80)81)69-53(90)37(23-44(82)83)71-55(92)46(30(7)8)73-48(85)32(59)13-10-11-19-58/h27-38,45-46H,10-26,58-59H2,1-9H3,(H,63,75)(H,64,86)(H,65,91)(H,66,87)(H,67,77)(H,68,76)(H,69,90)(H,70,84)(H,71,92)(H,72,88)(H,73,85)(H,74,89)(H,78,79)(H,80,81)(H,82,83)(H,93,94)(H4,60,61,62)/t31-,32-,33-,34-,35-,36-,37-,38-,45-,46-/m0/s1. The average molecular weight is 1340 g/mol. The van der Waals surface area contributed by atoms with Crippen LogP contribution in [0.1, 0.15) is 139 Å². The number of carboxylic acids is 4. The van der Waals surface area contributed by atoms with E-state index in [2.05, 4.69) is 68.8 Å². The van der Waals surface area contributed by atoms with Gasteiger partial charge in [-0.1, -0.05) is 61.8 Å². The third-order valence-electron chi connectivity index (χ3n) is 13.7. The number of guanidine groups is 1. The number of carboxylic acid groups (broad SMARTS) is 4. The molecule has 0 aromatic rings. The predicted octanol–water partition coefficient (Wildman–Crippen LogP) is -6.08. The summed E-state index contributed by atoms with van der Waals surface area (Å²) >= 11 is 0. The normalized spacial score (nSPS) is 14.2. The molecule has 94 heavy (non-hydrogen) atoms. The zero-order valence-corrected chi connectivity index (χ0v) is 54.7. The van der Waals surface area contributed by atoms with Crippen LogP contribution < -0.4 is 86.7 Å². The molecule has 0 unspecified atom stereocenters. The Hall–Kier alpha value is -9.29. The average Bonchev–Trinajstić information content (AvgIpc) is 0.945. The second-order valence-electron chi connectivity index (χ2n) is 23.8. The van der Waals surface area contributed by atoms with Crippen LogP contribution in [0.4, 0.5) is 0 Å². The molecule has 0 saturated heterocycles. The molecule has 10 atom stereocenters. The lowest BCUT2D eigenvalue weighted by Gasteiger charge is -2.28. The third-order valence-corrected chi connectivity index (χ3v) is 13.7. The zero-order chi connectivity index (χ0) is 72.1. The second-order valence-corrected chi connectivity index (χ2v) is 23.8. The molecule has 0 rings (SSSR count). The van der Waals surface area contributed by atoms with E-state index in [4.69, 9.17) is 22.9 Å². The van der Waals surface area contributed by atoms with E-state index in [1.54, 1.807) is 41.5 Å². The first-order valence-electron chi connectivity index (χ1n) is 30.7. The first-order chi connectivity index (χ1) is 43.8. The highest BCUT2D eigenvalue weighted by molar-refractivity contribution is 5.99. The van der Waals surface area contributed by atoms with Gasteiger partial charge in [0.25, 0.3) is 0 Å². The van der Waals surface area contributed by atoms with Crippen LogP contribution in [0.3, 0.4) is 0 Å². The van der Waals surface area contributed by atoms with E-state index in [0.29, 0.717) is 19.4 Å². The van der Waals surface area contributed by atoms with Crippen molar-refractivity contribution < 1.29 is 97.1 Å². The van der Waals surface area contributed by atoms with Crippen LogP contribution in [0.25, 0.3) is 0 Å². The highest BCUT2D eigenvalue weighted by Crippen LogP contribution is 2.12. The number of aliphatic imine (C=N–C) groups is 1. The summed E-state index contributed by atoms with van der Waals surface area (Å²) in [5.74, 6) is -19.3. The number of nitrogens with zero attached hydrogens (tertiary/aromatic N) is 1. The van der Waals surface area contributed by atoms with Gasteiger partial charge in [-0.3, -0.25) is 76.9 Å². The Balaban J connectivity index is 6.01. The Labute approximate surface area is 544 Å². The first-order valence-corrected chi connectivity index (χ1v) is 30.7. The Bertz CT molecular complexity index is 2650. The number of nitrogens with two attached hydrogens (primary N) is 4. The van der Waals surface area contributed by atoms with Gasteiger partial charge in [0.2, 0.25) is 70.9 Å². The van der Waals surface area contributed by atoms with Gasteiger partial charge >= 0.3 is 23.9 Å². The smallest absolute Gasteiger partial charge is 0.326 e. The van der Waals surface area contributed by atoms with Crippen LogP contribution in [0.5, 0.6) is 0 Å². The maximum absolute atomic E-state index is 13.7. The number of carbonyl (C=O) groups is 16. The lowest BCUT2D eigenvalue weighted by molar-refractivity contribution is -0.143. The molecule has 37 heteroatoms. The molecule has 0 aromatic carbocycles. The molecule has 0 aromatic heterocycles. The largest absolute Gasteiger partial charge is 0.481 e. The van der Waals surface area contributed by atoms with Crippen molar-refractivity contribution >= 4 is 101 Å².